The minimum Gasteiger partial charge on any atom is -0.457 e. The zero-order valence-electron chi connectivity index (χ0n) is 37.6. The van der Waals surface area contributed by atoms with E-state index in [-0.39, 0.29) is 25.2 Å². The molecule has 5 unspecified atom stereocenters. The van der Waals surface area contributed by atoms with Crippen LogP contribution < -0.4 is 5.32 Å². The van der Waals surface area contributed by atoms with Gasteiger partial charge in [-0.1, -0.05) is 90.9 Å². The van der Waals surface area contributed by atoms with E-state index in [0.29, 0.717) is 12.8 Å². The van der Waals surface area contributed by atoms with Gasteiger partial charge in [0.2, 0.25) is 5.91 Å². The molecule has 28 heteroatoms. The Balaban J connectivity index is -0.000000195. The summed E-state index contributed by atoms with van der Waals surface area (Å²) in [5, 5.41) is 32.8. The highest BCUT2D eigenvalue weighted by Crippen LogP contribution is 2.53. The van der Waals surface area contributed by atoms with Crippen molar-refractivity contribution in [2.24, 2.45) is 0 Å². The minimum atomic E-state index is -5.75. The van der Waals surface area contributed by atoms with Crippen molar-refractivity contribution in [2.75, 3.05) is 20.0 Å². The summed E-state index contributed by atoms with van der Waals surface area (Å²) in [6.45, 7) is 1.74. The number of phosphoric acid groups is 4. The quantitative estimate of drug-likeness (QED) is 0.0111. The third-order valence-corrected chi connectivity index (χ3v) is 11.4. The van der Waals surface area contributed by atoms with E-state index < -0.39 is 100.0 Å². The second-order valence-electron chi connectivity index (χ2n) is 14.5. The molecule has 0 aliphatic heterocycles. The van der Waals surface area contributed by atoms with Crippen LogP contribution in [0.3, 0.4) is 0 Å². The number of rotatable bonds is 31. The highest BCUT2D eigenvalue weighted by molar-refractivity contribution is 7.47. The summed E-state index contributed by atoms with van der Waals surface area (Å²) >= 11 is 0. The van der Waals surface area contributed by atoms with Gasteiger partial charge in [-0.05, 0) is 36.5 Å². The predicted molar refractivity (Wildman–Crippen MR) is 259 cm³/mol. The molecule has 8 atom stereocenters. The Bertz CT molecular complexity index is 2010. The molecule has 1 rings (SSSR count). The van der Waals surface area contributed by atoms with Crippen molar-refractivity contribution >= 4 is 43.2 Å². The maximum absolute atomic E-state index is 12.9. The first-order chi connectivity index (χ1) is 31.9. The minimum absolute atomic E-state index is 0. The van der Waals surface area contributed by atoms with Gasteiger partial charge >= 0.3 is 37.3 Å². The number of nitrogens with one attached hydrogen (secondary N) is 1. The molecule has 1 fully saturated rings. The summed E-state index contributed by atoms with van der Waals surface area (Å²) in [6.07, 6.45) is 2.45. The number of aliphatic hydroxyl groups is 3. The number of carbonyl (C=O) groups excluding carboxylic acids is 2. The Hall–Kier alpha value is -2.98. The topological polar surface area (TPSA) is 381 Å². The number of ether oxygens (including phenoxy) is 2. The lowest BCUT2D eigenvalue weighted by Gasteiger charge is -2.45. The fourth-order valence-corrected chi connectivity index (χ4v) is 8.58. The molecule has 1 saturated carbocycles. The number of phosphoric ester groups is 4. The molecule has 0 spiro atoms. The molecule has 0 bridgehead atoms. The van der Waals surface area contributed by atoms with E-state index in [1.807, 2.05) is 6.92 Å². The van der Waals surface area contributed by atoms with Crippen LogP contribution in [-0.4, -0.2) is 124 Å². The van der Waals surface area contributed by atoms with Crippen LogP contribution in [0.4, 0.5) is 0 Å². The van der Waals surface area contributed by atoms with E-state index in [1.54, 1.807) is 0 Å². The van der Waals surface area contributed by atoms with Gasteiger partial charge in [0, 0.05) is 55.4 Å². The van der Waals surface area contributed by atoms with Crippen molar-refractivity contribution in [3.63, 3.8) is 0 Å². The molecule has 0 aromatic carbocycles. The fraction of sp³-hybridized carbons (Fsp3) is 0.700. The van der Waals surface area contributed by atoms with Crippen molar-refractivity contribution in [3.8, 4) is 59.8 Å². The zero-order chi connectivity index (χ0) is 51.7. The summed E-state index contributed by atoms with van der Waals surface area (Å²) < 4.78 is 79.8. The molecule has 0 aromatic rings. The van der Waals surface area contributed by atoms with E-state index in [9.17, 15) is 72.3 Å². The number of unbranched alkanes of at least 4 members (excludes halogenated alkanes) is 12. The van der Waals surface area contributed by atoms with Crippen LogP contribution >= 0.6 is 31.3 Å². The maximum Gasteiger partial charge on any atom is 0.472 e. The third kappa shape index (κ3) is 34.3. The second kappa shape index (κ2) is 36.0. The first-order valence-electron chi connectivity index (χ1n) is 21.3. The van der Waals surface area contributed by atoms with Crippen LogP contribution in [0.15, 0.2) is 0 Å². The average molecular weight is 1070 g/mol. The molecule has 0 radical (unpaired) electrons. The molecule has 1 aliphatic rings. The van der Waals surface area contributed by atoms with Crippen molar-refractivity contribution in [1.29, 1.82) is 0 Å². The molecule has 404 valence electrons. The van der Waals surface area contributed by atoms with E-state index in [0.717, 1.165) is 38.5 Å². The Labute approximate surface area is 409 Å². The van der Waals surface area contributed by atoms with Gasteiger partial charge in [0.05, 0.1) is 13.2 Å². The van der Waals surface area contributed by atoms with Gasteiger partial charge < -0.3 is 59.0 Å². The number of amides is 1. The molecule has 0 saturated heterocycles. The SMILES string of the molecule is C#CC#CC#CC#CC#CNC(=O)CCC.CCCCCCCCCCCCCCCC(=O)O[C@H](COCO)COP(=O)(O)OC1C(O)[C@H](OP(=O)(O)O)C(OP(=O)(O)O)C(OP(=O)(O)O)[C@@H]1O.[HH].[HH].[HH].[HH].[HH].[HH].[HH].[HH].[HH]. The zero-order valence-corrected chi connectivity index (χ0v) is 41.2. The molecular weight excluding hydrogens is 986 g/mol. The lowest BCUT2D eigenvalue weighted by atomic mass is 9.85. The van der Waals surface area contributed by atoms with Gasteiger partial charge in [0.25, 0.3) is 0 Å². The van der Waals surface area contributed by atoms with Gasteiger partial charge in [-0.25, -0.2) is 18.3 Å². The average Bonchev–Trinajstić information content (AvgIpc) is 3.23. The molecule has 24 nitrogen and oxygen atoms in total. The van der Waals surface area contributed by atoms with Gasteiger partial charge in [-0.3, -0.25) is 37.5 Å². The van der Waals surface area contributed by atoms with Gasteiger partial charge in [0.1, 0.15) is 49.5 Å². The van der Waals surface area contributed by atoms with Crippen LogP contribution in [0.2, 0.25) is 0 Å². The van der Waals surface area contributed by atoms with Crippen LogP contribution in [-0.2, 0) is 59.9 Å². The molecule has 1 aliphatic carbocycles. The lowest BCUT2D eigenvalue weighted by Crippen LogP contribution is -2.65. The summed E-state index contributed by atoms with van der Waals surface area (Å²) in [7, 11) is -22.8. The fourth-order valence-electron chi connectivity index (χ4n) is 5.92. The Morgan fingerprint density at radius 1 is 0.588 bits per heavy atom. The monoisotopic (exact) mass is 1070 g/mol. The molecule has 1 amide bonds. The van der Waals surface area contributed by atoms with Crippen molar-refractivity contribution in [1.82, 2.24) is 5.32 Å². The van der Waals surface area contributed by atoms with Crippen LogP contribution in [0.5, 0.6) is 0 Å². The van der Waals surface area contributed by atoms with E-state index in [4.69, 9.17) is 30.1 Å². The smallest absolute Gasteiger partial charge is 0.457 e. The Morgan fingerprint density at radius 3 is 1.47 bits per heavy atom. The Kier molecular flexibility index (Phi) is 34.4. The molecular formula is C40H81NO23P4. The summed E-state index contributed by atoms with van der Waals surface area (Å²) in [5.41, 5.74) is 0. The number of aliphatic hydroxyl groups excluding tert-OH is 3. The number of hydrogen-bond donors (Lipinski definition) is 11. The number of carbonyl (C=O) groups is 2. The molecule has 0 heterocycles. The third-order valence-electron chi connectivity index (χ3n) is 8.82. The van der Waals surface area contributed by atoms with Crippen LogP contribution in [0.1, 0.15) is 129 Å². The molecule has 68 heavy (non-hydrogen) atoms. The first-order valence-corrected chi connectivity index (χ1v) is 27.3. The van der Waals surface area contributed by atoms with E-state index >= 15 is 0 Å². The summed E-state index contributed by atoms with van der Waals surface area (Å²) in [4.78, 5) is 89.3. The molecule has 11 N–H and O–H groups in total. The van der Waals surface area contributed by atoms with Gasteiger partial charge in [0.15, 0.2) is 0 Å². The largest absolute Gasteiger partial charge is 0.472 e. The van der Waals surface area contributed by atoms with E-state index in [1.165, 1.54) is 44.9 Å². The normalized spacial score (nSPS) is 20.3. The standard InChI is InChI=1S/C26H54O22P4.C14H9NO.9H2/c1-2-3-4-5-6-7-8-9-10-11-12-13-14-15-20(28)44-19(16-42-18-27)17-43-52(40,41)48-23-21(29)24(45-49(31,32)33)26(47-51(37,38)39)25(22(23)30)46-50(34,35)36;1-3-5-6-7-8-9-10-11-13-15-14(16)12-4-2;;;;;;;;;/h19,21-27,29-30H,2-18H2,1H3,(H,40,41)(H2,31,32,33)(H2,34,35,36)(H2,37,38,39);1H,4,12H2,2H3,(H,15,16);9*1H/t19-,21-,22?,23?,24?,25+,26?;;;;;;;;;;/m1........../s1. The Morgan fingerprint density at radius 2 is 1.03 bits per heavy atom. The van der Waals surface area contributed by atoms with Gasteiger partial charge in [-0.15, -0.1) is 6.42 Å². The molecule has 0 aromatic heterocycles. The van der Waals surface area contributed by atoms with Gasteiger partial charge in [-0.2, -0.15) is 0 Å². The highest BCUT2D eigenvalue weighted by atomic mass is 31.2. The number of esters is 1. The van der Waals surface area contributed by atoms with Crippen LogP contribution in [0, 0.1) is 59.8 Å². The first kappa shape index (κ1) is 65.0. The van der Waals surface area contributed by atoms with Crippen LogP contribution in [0.25, 0.3) is 0 Å². The number of hydrogen-bond acceptors (Lipinski definition) is 16. The maximum atomic E-state index is 12.9. The summed E-state index contributed by atoms with van der Waals surface area (Å²) in [6, 6.07) is 2.41. The van der Waals surface area contributed by atoms with Crippen molar-refractivity contribution in [2.45, 2.75) is 159 Å². The summed E-state index contributed by atoms with van der Waals surface area (Å²) in [5.74, 6) is 18.2. The van der Waals surface area contributed by atoms with Crippen molar-refractivity contribution in [3.05, 3.63) is 0 Å². The number of terminal acetylenes is 1. The second-order valence-corrected chi connectivity index (χ2v) is 19.5. The van der Waals surface area contributed by atoms with Crippen molar-refractivity contribution < 1.29 is 122 Å². The highest BCUT2D eigenvalue weighted by Gasteiger charge is 2.59. The lowest BCUT2D eigenvalue weighted by molar-refractivity contribution is -0.209. The predicted octanol–water partition coefficient (Wildman–Crippen LogP) is 4.74. The van der Waals surface area contributed by atoms with E-state index in [2.05, 4.69) is 79.2 Å².